The maximum atomic E-state index is 12.0. The summed E-state index contributed by atoms with van der Waals surface area (Å²) in [7, 11) is -2.28. The fraction of sp³-hybridized carbons (Fsp3) is 0.469. The van der Waals surface area contributed by atoms with Crippen molar-refractivity contribution in [1.29, 1.82) is 5.26 Å². The minimum absolute atomic E-state index is 0.226. The Morgan fingerprint density at radius 3 is 1.61 bits per heavy atom. The van der Waals surface area contributed by atoms with Crippen LogP contribution in [0.1, 0.15) is 149 Å². The molecule has 0 aliphatic carbocycles. The van der Waals surface area contributed by atoms with Crippen LogP contribution >= 0.6 is 34.0 Å². The molecule has 0 spiro atoms. The highest BCUT2D eigenvalue weighted by atomic mass is 32.1. The quantitative estimate of drug-likeness (QED) is 0.0199. The number of aliphatic carboxylic acids is 1. The molecule has 0 saturated carbocycles. The first-order chi connectivity index (χ1) is 37.2. The van der Waals surface area contributed by atoms with Gasteiger partial charge in [0.05, 0.1) is 23.0 Å². The molecule has 0 saturated heterocycles. The maximum Gasteiger partial charge on any atom is 0.346 e. The summed E-state index contributed by atoms with van der Waals surface area (Å²) in [6, 6.07) is 34.9. The molecule has 0 fully saturated rings. The summed E-state index contributed by atoms with van der Waals surface area (Å²) in [5.74, 6) is 3.32. The summed E-state index contributed by atoms with van der Waals surface area (Å²) in [4.78, 5) is 21.1. The monoisotopic (exact) mass is 1100 g/mol. The van der Waals surface area contributed by atoms with Crippen molar-refractivity contribution in [2.45, 2.75) is 156 Å². The number of hydrogen-bond acceptors (Lipinski definition) is 10. The van der Waals surface area contributed by atoms with Gasteiger partial charge in [0.25, 0.3) is 0 Å². The van der Waals surface area contributed by atoms with Gasteiger partial charge in [0.1, 0.15) is 44.4 Å². The second-order valence-electron chi connectivity index (χ2n) is 20.9. The molecular formula is C64H80N2O6S3Si. The van der Waals surface area contributed by atoms with Crippen molar-refractivity contribution in [3.8, 4) is 59.0 Å². The third kappa shape index (κ3) is 13.3. The molecule has 0 amide bonds. The summed E-state index contributed by atoms with van der Waals surface area (Å²) < 4.78 is 25.9. The van der Waals surface area contributed by atoms with Gasteiger partial charge in [-0.2, -0.15) is 5.26 Å². The van der Waals surface area contributed by atoms with Gasteiger partial charge in [-0.05, 0) is 132 Å². The van der Waals surface area contributed by atoms with Gasteiger partial charge in [-0.1, -0.05) is 144 Å². The van der Waals surface area contributed by atoms with Gasteiger partial charge < -0.3 is 29.0 Å². The van der Waals surface area contributed by atoms with E-state index in [2.05, 4.69) is 131 Å². The molecule has 5 heterocycles. The van der Waals surface area contributed by atoms with Crippen LogP contribution in [0.3, 0.4) is 0 Å². The van der Waals surface area contributed by atoms with E-state index in [1.54, 1.807) is 28.7 Å². The Hall–Kier alpha value is -5.32. The largest absolute Gasteiger partial charge is 0.493 e. The average molecular weight is 1100 g/mol. The molecule has 12 heteroatoms. The van der Waals surface area contributed by atoms with Crippen LogP contribution < -0.4 is 34.2 Å². The molecule has 3 aromatic heterocycles. The standard InChI is InChI=1S/C64H80N2O6S3Si/c1-7-13-17-19-37-76(38-20-18-14-8-2)56-40-54(39-48(42-65)64(67)68)73-62(56)63-57(76)41-55(74-63)61-59-58(69-35-36-70-59)60(75-61)47-23-25-49(26-24-47)66(50-27-31-52(32-28-50)71-43-45(11-5)21-15-9-3)51-29-33-53(34-30-51)72-44-46(12-6)22-16-10-4/h23-34,39-41,45-46H,7-22,35-38,43-44H2,1-6H3,(H,67,68). The van der Waals surface area contributed by atoms with E-state index in [1.807, 2.05) is 17.4 Å². The average Bonchev–Trinajstić information content (AvgIpc) is 4.28. The highest BCUT2D eigenvalue weighted by molar-refractivity contribution is 7.32. The first kappa shape index (κ1) is 56.9. The number of benzene rings is 3. The maximum absolute atomic E-state index is 12.0. The van der Waals surface area contributed by atoms with Crippen molar-refractivity contribution in [3.05, 3.63) is 95.4 Å². The topological polar surface area (TPSA) is 101 Å². The second kappa shape index (κ2) is 27.8. The lowest BCUT2D eigenvalue weighted by Crippen LogP contribution is -2.54. The Balaban J connectivity index is 1.14. The van der Waals surface area contributed by atoms with E-state index in [1.165, 1.54) is 127 Å². The lowest BCUT2D eigenvalue weighted by molar-refractivity contribution is -0.132. The number of hydrogen-bond donors (Lipinski definition) is 1. The molecule has 3 aromatic carbocycles. The Bertz CT molecular complexity index is 2800. The summed E-state index contributed by atoms with van der Waals surface area (Å²) in [6.07, 6.45) is 20.6. The number of carboxylic acids is 1. The zero-order chi connectivity index (χ0) is 53.4. The smallest absolute Gasteiger partial charge is 0.346 e. The molecule has 2 aliphatic rings. The summed E-state index contributed by atoms with van der Waals surface area (Å²) in [5.41, 5.74) is 3.95. The Kier molecular flexibility index (Phi) is 20.8. The van der Waals surface area contributed by atoms with Crippen molar-refractivity contribution < 1.29 is 28.8 Å². The zero-order valence-corrected chi connectivity index (χ0v) is 49.4. The minimum atomic E-state index is -2.28. The van der Waals surface area contributed by atoms with Crippen LogP contribution in [-0.4, -0.2) is 45.6 Å². The number of rotatable bonds is 31. The Morgan fingerprint density at radius 1 is 0.632 bits per heavy atom. The van der Waals surface area contributed by atoms with Crippen molar-refractivity contribution in [2.24, 2.45) is 11.8 Å². The van der Waals surface area contributed by atoms with Gasteiger partial charge in [0.15, 0.2) is 11.5 Å². The van der Waals surface area contributed by atoms with Crippen LogP contribution in [0.5, 0.6) is 23.0 Å². The van der Waals surface area contributed by atoms with E-state index in [-0.39, 0.29) is 5.57 Å². The number of carbonyl (C=O) groups is 1. The van der Waals surface area contributed by atoms with Crippen LogP contribution in [0.25, 0.3) is 36.0 Å². The molecule has 8 rings (SSSR count). The SMILES string of the molecule is CCCCCC[Si]1(CCCCCC)c2cc(C=C(C#N)C(=O)O)sc2-c2sc(-c3sc(-c4ccc(N(c5ccc(OCC(CC)CCCC)cc5)c5ccc(OCC(CC)CCCC)cc5)cc4)c4c3OCCO4)cc21. The third-order valence-corrected chi connectivity index (χ3v) is 24.9. The Labute approximate surface area is 466 Å². The molecule has 0 radical (unpaired) electrons. The van der Waals surface area contributed by atoms with Crippen molar-refractivity contribution in [2.75, 3.05) is 31.3 Å². The predicted molar refractivity (Wildman–Crippen MR) is 324 cm³/mol. The van der Waals surface area contributed by atoms with Gasteiger partial charge in [0.2, 0.25) is 0 Å². The van der Waals surface area contributed by atoms with E-state index in [0.29, 0.717) is 25.0 Å². The number of nitriles is 1. The molecule has 76 heavy (non-hydrogen) atoms. The number of thiophene rings is 3. The minimum Gasteiger partial charge on any atom is -0.493 e. The van der Waals surface area contributed by atoms with Gasteiger partial charge in [-0.25, -0.2) is 4.79 Å². The van der Waals surface area contributed by atoms with Crippen LogP contribution in [0.2, 0.25) is 12.1 Å². The van der Waals surface area contributed by atoms with E-state index < -0.39 is 14.0 Å². The highest BCUT2D eigenvalue weighted by Gasteiger charge is 2.48. The van der Waals surface area contributed by atoms with Crippen LogP contribution in [-0.2, 0) is 4.79 Å². The molecule has 2 unspecified atom stereocenters. The number of ether oxygens (including phenoxy) is 4. The highest BCUT2D eigenvalue weighted by Crippen LogP contribution is 2.56. The van der Waals surface area contributed by atoms with Crippen LogP contribution in [0.15, 0.2) is 90.5 Å². The molecular weight excluding hydrogens is 1020 g/mol. The lowest BCUT2D eigenvalue weighted by Gasteiger charge is -2.29. The number of anilines is 3. The zero-order valence-electron chi connectivity index (χ0n) is 46.0. The molecule has 8 nitrogen and oxygen atoms in total. The first-order valence-corrected chi connectivity index (χ1v) is 33.5. The van der Waals surface area contributed by atoms with Crippen LogP contribution in [0.4, 0.5) is 17.1 Å². The van der Waals surface area contributed by atoms with Crippen molar-refractivity contribution in [1.82, 2.24) is 0 Å². The molecule has 6 aromatic rings. The van der Waals surface area contributed by atoms with E-state index >= 15 is 0 Å². The van der Waals surface area contributed by atoms with Crippen LogP contribution in [0, 0.1) is 23.2 Å². The summed E-state index contributed by atoms with van der Waals surface area (Å²) in [6.45, 7) is 16.0. The first-order valence-electron chi connectivity index (χ1n) is 28.6. The number of fused-ring (bicyclic) bond motifs is 4. The molecule has 1 N–H and O–H groups in total. The molecule has 2 aliphatic heterocycles. The third-order valence-electron chi connectivity index (χ3n) is 15.5. The Morgan fingerprint density at radius 2 is 1.12 bits per heavy atom. The molecule has 0 bridgehead atoms. The van der Waals surface area contributed by atoms with Gasteiger partial charge in [-0.15, -0.1) is 34.0 Å². The summed E-state index contributed by atoms with van der Waals surface area (Å²) >= 11 is 5.25. The normalized spacial score (nSPS) is 14.2. The number of unbranched alkanes of at least 4 members (excludes halogenated alkanes) is 8. The van der Waals surface area contributed by atoms with E-state index in [0.717, 1.165) is 86.3 Å². The molecule has 404 valence electrons. The fourth-order valence-electron chi connectivity index (χ4n) is 11.0. The predicted octanol–water partition coefficient (Wildman–Crippen LogP) is 18.3. The fourth-order valence-corrected chi connectivity index (χ4v) is 21.6. The number of nitrogens with zero attached hydrogens (tertiary/aromatic N) is 2. The van der Waals surface area contributed by atoms with E-state index in [4.69, 9.17) is 18.9 Å². The van der Waals surface area contributed by atoms with Crippen molar-refractivity contribution >= 4 is 81.6 Å². The second-order valence-corrected chi connectivity index (χ2v) is 28.3. The lowest BCUT2D eigenvalue weighted by atomic mass is 10.0. The van der Waals surface area contributed by atoms with Gasteiger partial charge in [-0.3, -0.25) is 0 Å². The van der Waals surface area contributed by atoms with Gasteiger partial charge >= 0.3 is 5.97 Å². The summed E-state index contributed by atoms with van der Waals surface area (Å²) in [5, 5.41) is 22.5. The number of carboxylic acid groups (broad SMARTS) is 1. The molecule has 2 atom stereocenters. The van der Waals surface area contributed by atoms with Crippen molar-refractivity contribution in [3.63, 3.8) is 0 Å². The van der Waals surface area contributed by atoms with Gasteiger partial charge in [0, 0.05) is 36.6 Å². The van der Waals surface area contributed by atoms with E-state index in [9.17, 15) is 15.2 Å².